The summed E-state index contributed by atoms with van der Waals surface area (Å²) in [7, 11) is 0. The molecule has 132 valence electrons. The van der Waals surface area contributed by atoms with Crippen molar-refractivity contribution in [2.24, 2.45) is 0 Å². The molecular weight excluding hydrogens is 344 g/mol. The topological polar surface area (TPSA) is 78.9 Å². The number of thiazole rings is 1. The fourth-order valence-electron chi connectivity index (χ4n) is 2.72. The second-order valence-corrected chi connectivity index (χ2v) is 7.04. The molecule has 1 saturated heterocycles. The van der Waals surface area contributed by atoms with Crippen molar-refractivity contribution in [2.75, 3.05) is 20.0 Å². The summed E-state index contributed by atoms with van der Waals surface area (Å²) in [5.74, 6) is 0.422. The van der Waals surface area contributed by atoms with Crippen molar-refractivity contribution in [3.63, 3.8) is 0 Å². The van der Waals surface area contributed by atoms with Crippen molar-refractivity contribution in [1.82, 2.24) is 10.3 Å². The van der Waals surface area contributed by atoms with Crippen LogP contribution in [0, 0.1) is 0 Å². The van der Waals surface area contributed by atoms with Gasteiger partial charge in [0.15, 0.2) is 17.3 Å². The van der Waals surface area contributed by atoms with Crippen LogP contribution < -0.4 is 14.8 Å². The zero-order chi connectivity index (χ0) is 17.4. The van der Waals surface area contributed by atoms with Crippen molar-refractivity contribution in [1.29, 1.82) is 0 Å². The Morgan fingerprint density at radius 2 is 2.04 bits per heavy atom. The largest absolute Gasteiger partial charge is 0.454 e. The van der Waals surface area contributed by atoms with Crippen LogP contribution in [-0.4, -0.2) is 42.7 Å². The van der Waals surface area contributed by atoms with E-state index < -0.39 is 5.79 Å². The minimum atomic E-state index is -0.791. The molecule has 8 heteroatoms. The number of nitrogens with one attached hydrogen (secondary N) is 1. The minimum Gasteiger partial charge on any atom is -0.454 e. The molecule has 1 aromatic heterocycles. The van der Waals surface area contributed by atoms with E-state index in [-0.39, 0.29) is 18.7 Å². The van der Waals surface area contributed by atoms with Gasteiger partial charge in [0, 0.05) is 5.56 Å². The minimum absolute atomic E-state index is 0.197. The third kappa shape index (κ3) is 3.08. The molecule has 25 heavy (non-hydrogen) atoms. The molecule has 1 amide bonds. The van der Waals surface area contributed by atoms with Gasteiger partial charge in [0.05, 0.1) is 25.5 Å². The van der Waals surface area contributed by atoms with E-state index in [1.807, 2.05) is 32.0 Å². The Bertz CT molecular complexity index is 800. The summed E-state index contributed by atoms with van der Waals surface area (Å²) in [6.45, 7) is 4.99. The lowest BCUT2D eigenvalue weighted by Crippen LogP contribution is -2.49. The number of aromatic nitrogens is 1. The molecular formula is C17H18N2O5S. The third-order valence-electron chi connectivity index (χ3n) is 4.34. The van der Waals surface area contributed by atoms with Gasteiger partial charge in [-0.3, -0.25) is 4.79 Å². The molecule has 0 bridgehead atoms. The molecule has 1 N–H and O–H groups in total. The number of fused-ring (bicyclic) bond motifs is 1. The van der Waals surface area contributed by atoms with Gasteiger partial charge in [0.2, 0.25) is 6.79 Å². The number of ether oxygens (including phenoxy) is 4. The Balaban J connectivity index is 1.48. The quantitative estimate of drug-likeness (QED) is 0.900. The number of benzene rings is 1. The Morgan fingerprint density at radius 3 is 2.84 bits per heavy atom. The number of carbonyl (C=O) groups is 1. The summed E-state index contributed by atoms with van der Waals surface area (Å²) < 4.78 is 21.9. The van der Waals surface area contributed by atoms with Gasteiger partial charge in [0.25, 0.3) is 5.91 Å². The predicted octanol–water partition coefficient (Wildman–Crippen LogP) is 2.42. The highest BCUT2D eigenvalue weighted by atomic mass is 32.1. The molecule has 0 radical (unpaired) electrons. The van der Waals surface area contributed by atoms with Crippen LogP contribution in [0.2, 0.25) is 0 Å². The maximum atomic E-state index is 12.5. The number of carbonyl (C=O) groups excluding carboxylic acids is 1. The number of rotatable bonds is 4. The summed E-state index contributed by atoms with van der Waals surface area (Å²) >= 11 is 1.32. The van der Waals surface area contributed by atoms with E-state index in [0.29, 0.717) is 23.8 Å². The van der Waals surface area contributed by atoms with E-state index in [4.69, 9.17) is 18.9 Å². The molecule has 1 fully saturated rings. The van der Waals surface area contributed by atoms with Crippen LogP contribution in [0.1, 0.15) is 23.5 Å². The summed E-state index contributed by atoms with van der Waals surface area (Å²) in [6, 6.07) is 5.33. The second-order valence-electron chi connectivity index (χ2n) is 6.01. The maximum absolute atomic E-state index is 12.5. The molecule has 1 aromatic carbocycles. The fraction of sp³-hybridized carbons (Fsp3) is 0.412. The van der Waals surface area contributed by atoms with Crippen molar-refractivity contribution < 1.29 is 23.7 Å². The SMILES string of the molecule is CC(NC(=O)c1cnc(-c2ccc3c(c2)OCO3)s1)C1(C)OCCO1. The van der Waals surface area contributed by atoms with Crippen molar-refractivity contribution in [2.45, 2.75) is 25.7 Å². The summed E-state index contributed by atoms with van der Waals surface area (Å²) in [6.07, 6.45) is 1.57. The number of hydrogen-bond donors (Lipinski definition) is 1. The monoisotopic (exact) mass is 362 g/mol. The van der Waals surface area contributed by atoms with Gasteiger partial charge in [-0.1, -0.05) is 0 Å². The molecule has 2 aliphatic rings. The predicted molar refractivity (Wildman–Crippen MR) is 90.9 cm³/mol. The Labute approximate surface area is 148 Å². The van der Waals surface area contributed by atoms with Gasteiger partial charge >= 0.3 is 0 Å². The Hall–Kier alpha value is -2.16. The number of nitrogens with zero attached hydrogens (tertiary/aromatic N) is 1. The van der Waals surface area contributed by atoms with Crippen molar-refractivity contribution in [3.05, 3.63) is 29.3 Å². The fourth-order valence-corrected chi connectivity index (χ4v) is 3.54. The maximum Gasteiger partial charge on any atom is 0.263 e. The zero-order valence-corrected chi connectivity index (χ0v) is 14.7. The lowest BCUT2D eigenvalue weighted by atomic mass is 10.1. The van der Waals surface area contributed by atoms with Gasteiger partial charge in [-0.05, 0) is 32.0 Å². The molecule has 4 rings (SSSR count). The second kappa shape index (κ2) is 6.29. The van der Waals surface area contributed by atoms with Gasteiger partial charge in [-0.2, -0.15) is 0 Å². The van der Waals surface area contributed by atoms with Crippen LogP contribution in [0.25, 0.3) is 10.6 Å². The van der Waals surface area contributed by atoms with E-state index in [1.54, 1.807) is 6.20 Å². The van der Waals surface area contributed by atoms with E-state index in [1.165, 1.54) is 11.3 Å². The molecule has 0 spiro atoms. The average Bonchev–Trinajstić information content (AvgIpc) is 3.34. The van der Waals surface area contributed by atoms with E-state index in [9.17, 15) is 4.79 Å². The average molecular weight is 362 g/mol. The molecule has 2 aliphatic heterocycles. The van der Waals surface area contributed by atoms with Crippen LogP contribution in [0.5, 0.6) is 11.5 Å². The molecule has 7 nitrogen and oxygen atoms in total. The smallest absolute Gasteiger partial charge is 0.263 e. The highest BCUT2D eigenvalue weighted by Gasteiger charge is 2.38. The first-order valence-corrected chi connectivity index (χ1v) is 8.81. The zero-order valence-electron chi connectivity index (χ0n) is 13.9. The van der Waals surface area contributed by atoms with Gasteiger partial charge in [0.1, 0.15) is 9.88 Å². The summed E-state index contributed by atoms with van der Waals surface area (Å²) in [4.78, 5) is 17.4. The van der Waals surface area contributed by atoms with Gasteiger partial charge in [-0.25, -0.2) is 4.98 Å². The Kier molecular flexibility index (Phi) is 4.10. The van der Waals surface area contributed by atoms with Crippen LogP contribution in [0.4, 0.5) is 0 Å². The Morgan fingerprint density at radius 1 is 1.28 bits per heavy atom. The van der Waals surface area contributed by atoms with Gasteiger partial charge in [-0.15, -0.1) is 11.3 Å². The van der Waals surface area contributed by atoms with Crippen LogP contribution in [-0.2, 0) is 9.47 Å². The first kappa shape index (κ1) is 16.3. The first-order valence-electron chi connectivity index (χ1n) is 8.00. The van der Waals surface area contributed by atoms with Crippen LogP contribution in [0.3, 0.4) is 0 Å². The van der Waals surface area contributed by atoms with E-state index >= 15 is 0 Å². The number of amides is 1. The lowest BCUT2D eigenvalue weighted by molar-refractivity contribution is -0.159. The summed E-state index contributed by atoms with van der Waals surface area (Å²) in [5, 5.41) is 3.67. The molecule has 0 saturated carbocycles. The highest BCUT2D eigenvalue weighted by molar-refractivity contribution is 7.16. The molecule has 3 heterocycles. The highest BCUT2D eigenvalue weighted by Crippen LogP contribution is 2.37. The van der Waals surface area contributed by atoms with Crippen LogP contribution >= 0.6 is 11.3 Å². The lowest BCUT2D eigenvalue weighted by Gasteiger charge is -2.29. The molecule has 0 aliphatic carbocycles. The molecule has 2 aromatic rings. The third-order valence-corrected chi connectivity index (χ3v) is 5.39. The van der Waals surface area contributed by atoms with Gasteiger partial charge < -0.3 is 24.3 Å². The first-order chi connectivity index (χ1) is 12.0. The van der Waals surface area contributed by atoms with E-state index in [2.05, 4.69) is 10.3 Å². The molecule has 1 unspecified atom stereocenters. The van der Waals surface area contributed by atoms with Crippen LogP contribution in [0.15, 0.2) is 24.4 Å². The van der Waals surface area contributed by atoms with E-state index in [0.717, 1.165) is 16.3 Å². The summed E-state index contributed by atoms with van der Waals surface area (Å²) in [5.41, 5.74) is 0.885. The number of hydrogen-bond acceptors (Lipinski definition) is 7. The standard InChI is InChI=1S/C17H18N2O5S/c1-10(17(2)23-5-6-24-17)19-15(20)14-8-18-16(25-14)11-3-4-12-13(7-11)22-9-21-12/h3-4,7-8,10H,5-6,9H2,1-2H3,(H,19,20). The van der Waals surface area contributed by atoms with Crippen molar-refractivity contribution >= 4 is 17.2 Å². The molecule has 1 atom stereocenters. The normalized spacial score (nSPS) is 19.0. The van der Waals surface area contributed by atoms with Crippen molar-refractivity contribution in [3.8, 4) is 22.1 Å².